The fourth-order valence-electron chi connectivity index (χ4n) is 1.98. The zero-order chi connectivity index (χ0) is 15.4. The van der Waals surface area contributed by atoms with Crippen LogP contribution in [0.5, 0.6) is 0 Å². The lowest BCUT2D eigenvalue weighted by molar-refractivity contribution is -0.115. The van der Waals surface area contributed by atoms with E-state index in [0.717, 1.165) is 5.56 Å². The Balaban J connectivity index is 1.65. The van der Waals surface area contributed by atoms with Crippen molar-refractivity contribution < 1.29 is 9.18 Å². The van der Waals surface area contributed by atoms with Gasteiger partial charge in [-0.25, -0.2) is 9.37 Å². The normalized spacial score (nSPS) is 10.4. The molecule has 5 nitrogen and oxygen atoms in total. The summed E-state index contributed by atoms with van der Waals surface area (Å²) in [6, 6.07) is 15.1. The maximum absolute atomic E-state index is 12.8. The van der Waals surface area contributed by atoms with Gasteiger partial charge in [-0.2, -0.15) is 5.10 Å². The third-order valence-electron chi connectivity index (χ3n) is 3.02. The van der Waals surface area contributed by atoms with E-state index < -0.39 is 0 Å². The standard InChI is InChI=1S/C16H13FN4O/c17-12-6-8-13(9-7-12)18-15(22)10-14-19-16(21-20-14)11-4-2-1-3-5-11/h1-9H,10H2,(H,18,22)(H,19,20,21). The minimum Gasteiger partial charge on any atom is -0.326 e. The number of benzene rings is 2. The van der Waals surface area contributed by atoms with Crippen molar-refractivity contribution in [2.75, 3.05) is 5.32 Å². The number of rotatable bonds is 4. The first-order chi connectivity index (χ1) is 10.7. The van der Waals surface area contributed by atoms with E-state index in [9.17, 15) is 9.18 Å². The zero-order valence-electron chi connectivity index (χ0n) is 11.6. The number of anilines is 1. The lowest BCUT2D eigenvalue weighted by atomic mass is 10.2. The number of aromatic amines is 1. The highest BCUT2D eigenvalue weighted by molar-refractivity contribution is 5.91. The van der Waals surface area contributed by atoms with Crippen LogP contribution in [0.25, 0.3) is 11.4 Å². The van der Waals surface area contributed by atoms with Gasteiger partial charge in [0.15, 0.2) is 5.82 Å². The van der Waals surface area contributed by atoms with Crippen molar-refractivity contribution in [3.63, 3.8) is 0 Å². The summed E-state index contributed by atoms with van der Waals surface area (Å²) in [7, 11) is 0. The second-order valence-corrected chi connectivity index (χ2v) is 4.70. The number of amides is 1. The van der Waals surface area contributed by atoms with Gasteiger partial charge < -0.3 is 5.32 Å². The van der Waals surface area contributed by atoms with Crippen molar-refractivity contribution in [2.45, 2.75) is 6.42 Å². The SMILES string of the molecule is O=C(Cc1nc(-c2ccccc2)n[nH]1)Nc1ccc(F)cc1. The van der Waals surface area contributed by atoms with E-state index >= 15 is 0 Å². The molecule has 0 bridgehead atoms. The molecule has 110 valence electrons. The van der Waals surface area contributed by atoms with Crippen LogP contribution in [-0.4, -0.2) is 21.1 Å². The fraction of sp³-hybridized carbons (Fsp3) is 0.0625. The molecular formula is C16H13FN4O. The third-order valence-corrected chi connectivity index (χ3v) is 3.02. The number of hydrogen-bond donors (Lipinski definition) is 2. The Morgan fingerprint density at radius 1 is 1.09 bits per heavy atom. The molecule has 0 fully saturated rings. The topological polar surface area (TPSA) is 70.7 Å². The molecule has 0 aliphatic rings. The van der Waals surface area contributed by atoms with Crippen LogP contribution < -0.4 is 5.32 Å². The Hall–Kier alpha value is -3.02. The smallest absolute Gasteiger partial charge is 0.232 e. The molecule has 2 N–H and O–H groups in total. The molecule has 0 aliphatic heterocycles. The lowest BCUT2D eigenvalue weighted by Gasteiger charge is -2.03. The number of carbonyl (C=O) groups excluding carboxylic acids is 1. The van der Waals surface area contributed by atoms with Gasteiger partial charge in [0.1, 0.15) is 11.6 Å². The molecule has 0 saturated carbocycles. The van der Waals surface area contributed by atoms with Gasteiger partial charge in [-0.05, 0) is 24.3 Å². The Bertz CT molecular complexity index is 768. The number of hydrogen-bond acceptors (Lipinski definition) is 3. The Morgan fingerprint density at radius 3 is 2.55 bits per heavy atom. The van der Waals surface area contributed by atoms with E-state index in [2.05, 4.69) is 20.5 Å². The van der Waals surface area contributed by atoms with E-state index in [-0.39, 0.29) is 18.1 Å². The fourth-order valence-corrected chi connectivity index (χ4v) is 1.98. The second kappa shape index (κ2) is 6.17. The first kappa shape index (κ1) is 13.9. The molecule has 0 unspecified atom stereocenters. The van der Waals surface area contributed by atoms with Gasteiger partial charge in [-0.3, -0.25) is 9.89 Å². The summed E-state index contributed by atoms with van der Waals surface area (Å²) >= 11 is 0. The molecule has 1 aromatic heterocycles. The second-order valence-electron chi connectivity index (χ2n) is 4.70. The molecular weight excluding hydrogens is 283 g/mol. The lowest BCUT2D eigenvalue weighted by Crippen LogP contribution is -2.15. The first-order valence-corrected chi connectivity index (χ1v) is 6.73. The van der Waals surface area contributed by atoms with Gasteiger partial charge in [0.25, 0.3) is 0 Å². The van der Waals surface area contributed by atoms with Crippen LogP contribution in [0, 0.1) is 5.82 Å². The van der Waals surface area contributed by atoms with Gasteiger partial charge in [0, 0.05) is 11.3 Å². The molecule has 3 aromatic rings. The minimum absolute atomic E-state index is 0.0667. The summed E-state index contributed by atoms with van der Waals surface area (Å²) < 4.78 is 12.8. The number of halogens is 1. The minimum atomic E-state index is -0.347. The van der Waals surface area contributed by atoms with Crippen molar-refractivity contribution >= 4 is 11.6 Å². The quantitative estimate of drug-likeness (QED) is 0.777. The molecule has 0 aliphatic carbocycles. The highest BCUT2D eigenvalue weighted by atomic mass is 19.1. The van der Waals surface area contributed by atoms with Gasteiger partial charge in [-0.15, -0.1) is 0 Å². The molecule has 0 spiro atoms. The van der Waals surface area contributed by atoms with Crippen molar-refractivity contribution in [3.8, 4) is 11.4 Å². The Kier molecular flexibility index (Phi) is 3.91. The molecule has 0 saturated heterocycles. The van der Waals surface area contributed by atoms with E-state index in [1.807, 2.05) is 30.3 Å². The molecule has 22 heavy (non-hydrogen) atoms. The van der Waals surface area contributed by atoms with E-state index in [4.69, 9.17) is 0 Å². The van der Waals surface area contributed by atoms with Crippen molar-refractivity contribution in [1.29, 1.82) is 0 Å². The molecule has 2 aromatic carbocycles. The summed E-state index contributed by atoms with van der Waals surface area (Å²) in [4.78, 5) is 16.2. The maximum atomic E-state index is 12.8. The summed E-state index contributed by atoms with van der Waals surface area (Å²) in [5.41, 5.74) is 1.41. The number of H-pyrrole nitrogens is 1. The van der Waals surface area contributed by atoms with Crippen molar-refractivity contribution in [3.05, 3.63) is 66.2 Å². The van der Waals surface area contributed by atoms with Crippen LogP contribution in [0.15, 0.2) is 54.6 Å². The average Bonchev–Trinajstić information content (AvgIpc) is 2.99. The highest BCUT2D eigenvalue weighted by Gasteiger charge is 2.10. The molecule has 3 rings (SSSR count). The molecule has 0 radical (unpaired) electrons. The van der Waals surface area contributed by atoms with E-state index in [1.165, 1.54) is 24.3 Å². The van der Waals surface area contributed by atoms with Crippen LogP contribution in [0.1, 0.15) is 5.82 Å². The number of aromatic nitrogens is 3. The molecule has 6 heteroatoms. The Morgan fingerprint density at radius 2 is 1.82 bits per heavy atom. The maximum Gasteiger partial charge on any atom is 0.232 e. The molecule has 0 atom stereocenters. The largest absolute Gasteiger partial charge is 0.326 e. The number of carbonyl (C=O) groups is 1. The predicted molar refractivity (Wildman–Crippen MR) is 80.6 cm³/mol. The van der Waals surface area contributed by atoms with Crippen molar-refractivity contribution in [1.82, 2.24) is 15.2 Å². The van der Waals surface area contributed by atoms with Crippen LogP contribution in [0.4, 0.5) is 10.1 Å². The van der Waals surface area contributed by atoms with E-state index in [0.29, 0.717) is 17.3 Å². The third kappa shape index (κ3) is 3.35. The number of nitrogens with one attached hydrogen (secondary N) is 2. The van der Waals surface area contributed by atoms with Crippen molar-refractivity contribution in [2.24, 2.45) is 0 Å². The van der Waals surface area contributed by atoms with Gasteiger partial charge >= 0.3 is 0 Å². The summed E-state index contributed by atoms with van der Waals surface area (Å²) in [6.07, 6.45) is 0.0667. The average molecular weight is 296 g/mol. The monoisotopic (exact) mass is 296 g/mol. The molecule has 1 heterocycles. The van der Waals surface area contributed by atoms with Crippen LogP contribution in [-0.2, 0) is 11.2 Å². The summed E-state index contributed by atoms with van der Waals surface area (Å²) in [5.74, 6) is 0.423. The first-order valence-electron chi connectivity index (χ1n) is 6.73. The van der Waals surface area contributed by atoms with E-state index in [1.54, 1.807) is 0 Å². The van der Waals surface area contributed by atoms with Gasteiger partial charge in [0.2, 0.25) is 5.91 Å². The summed E-state index contributed by atoms with van der Waals surface area (Å²) in [5, 5.41) is 9.51. The number of nitrogens with zero attached hydrogens (tertiary/aromatic N) is 2. The van der Waals surface area contributed by atoms with Crippen LogP contribution >= 0.6 is 0 Å². The van der Waals surface area contributed by atoms with Gasteiger partial charge in [0.05, 0.1) is 6.42 Å². The van der Waals surface area contributed by atoms with Crippen LogP contribution in [0.3, 0.4) is 0 Å². The predicted octanol–water partition coefficient (Wildman–Crippen LogP) is 2.79. The van der Waals surface area contributed by atoms with Crippen LogP contribution in [0.2, 0.25) is 0 Å². The summed E-state index contributed by atoms with van der Waals surface area (Å²) in [6.45, 7) is 0. The van der Waals surface area contributed by atoms with Gasteiger partial charge in [-0.1, -0.05) is 30.3 Å². The Labute approximate surface area is 126 Å². The highest BCUT2D eigenvalue weighted by Crippen LogP contribution is 2.14. The molecule has 1 amide bonds. The zero-order valence-corrected chi connectivity index (χ0v) is 11.6.